The number of hydrazine groups is 1. The van der Waals surface area contributed by atoms with Crippen molar-refractivity contribution < 1.29 is 9.59 Å². The van der Waals surface area contributed by atoms with E-state index in [1.807, 2.05) is 41.8 Å². The highest BCUT2D eigenvalue weighted by molar-refractivity contribution is 7.15. The summed E-state index contributed by atoms with van der Waals surface area (Å²) in [6, 6.07) is 18.3. The van der Waals surface area contributed by atoms with Crippen molar-refractivity contribution >= 4 is 28.2 Å². The predicted molar refractivity (Wildman–Crippen MR) is 95.8 cm³/mol. The fourth-order valence-electron chi connectivity index (χ4n) is 2.34. The maximum atomic E-state index is 12.4. The Morgan fingerprint density at radius 2 is 1.50 bits per heavy atom. The maximum absolute atomic E-state index is 12.4. The molecule has 0 radical (unpaired) electrons. The lowest BCUT2D eigenvalue weighted by Crippen LogP contribution is -2.31. The van der Waals surface area contributed by atoms with Crippen molar-refractivity contribution in [2.24, 2.45) is 5.84 Å². The number of benzene rings is 2. The summed E-state index contributed by atoms with van der Waals surface area (Å²) in [6.45, 7) is 0. The van der Waals surface area contributed by atoms with Crippen LogP contribution in [0.15, 0.2) is 66.0 Å². The Labute approximate surface area is 143 Å². The zero-order valence-electron chi connectivity index (χ0n) is 12.7. The molecule has 3 aromatic rings. The van der Waals surface area contributed by atoms with Crippen LogP contribution in [-0.2, 0) is 0 Å². The Balaban J connectivity index is 1.98. The van der Waals surface area contributed by atoms with Gasteiger partial charge < -0.3 is 5.32 Å². The molecule has 2 amide bonds. The second-order valence-electron chi connectivity index (χ2n) is 5.01. The van der Waals surface area contributed by atoms with Crippen molar-refractivity contribution in [3.8, 4) is 11.1 Å². The summed E-state index contributed by atoms with van der Waals surface area (Å²) in [4.78, 5) is 24.6. The van der Waals surface area contributed by atoms with E-state index in [0.29, 0.717) is 16.1 Å². The highest BCUT2D eigenvalue weighted by Gasteiger charge is 2.21. The van der Waals surface area contributed by atoms with Crippen LogP contribution in [0.5, 0.6) is 0 Å². The topological polar surface area (TPSA) is 84.2 Å². The molecule has 4 N–H and O–H groups in total. The van der Waals surface area contributed by atoms with Crippen LogP contribution in [0.1, 0.15) is 20.7 Å². The number of rotatable bonds is 4. The van der Waals surface area contributed by atoms with Crippen molar-refractivity contribution in [1.29, 1.82) is 0 Å². The van der Waals surface area contributed by atoms with Crippen LogP contribution >= 0.6 is 11.3 Å². The smallest absolute Gasteiger partial charge is 0.268 e. The van der Waals surface area contributed by atoms with Gasteiger partial charge in [0.15, 0.2) is 0 Å². The summed E-state index contributed by atoms with van der Waals surface area (Å²) in [5.74, 6) is 4.59. The van der Waals surface area contributed by atoms with Crippen LogP contribution in [0, 0.1) is 0 Å². The lowest BCUT2D eigenvalue weighted by Gasteiger charge is -2.08. The summed E-state index contributed by atoms with van der Waals surface area (Å²) in [7, 11) is 0. The van der Waals surface area contributed by atoms with E-state index in [-0.39, 0.29) is 5.91 Å². The third-order valence-corrected chi connectivity index (χ3v) is 4.39. The van der Waals surface area contributed by atoms with E-state index in [4.69, 9.17) is 5.84 Å². The number of carbonyl (C=O) groups excluding carboxylic acids is 2. The van der Waals surface area contributed by atoms with Crippen LogP contribution < -0.4 is 16.6 Å². The molecule has 0 saturated heterocycles. The molecule has 0 bridgehead atoms. The third kappa shape index (κ3) is 3.19. The van der Waals surface area contributed by atoms with Crippen LogP contribution in [0.4, 0.5) is 5.00 Å². The molecule has 3 rings (SSSR count). The van der Waals surface area contributed by atoms with Crippen LogP contribution in [-0.4, -0.2) is 11.8 Å². The molecular formula is C18H15N3O2S. The quantitative estimate of drug-likeness (QED) is 0.388. The van der Waals surface area contributed by atoms with Gasteiger partial charge >= 0.3 is 0 Å². The largest absolute Gasteiger partial charge is 0.313 e. The molecule has 0 saturated carbocycles. The van der Waals surface area contributed by atoms with Crippen molar-refractivity contribution in [3.63, 3.8) is 0 Å². The lowest BCUT2D eigenvalue weighted by molar-refractivity contribution is 0.0955. The van der Waals surface area contributed by atoms with Crippen LogP contribution in [0.25, 0.3) is 11.1 Å². The van der Waals surface area contributed by atoms with E-state index < -0.39 is 5.91 Å². The van der Waals surface area contributed by atoms with Gasteiger partial charge in [-0.25, -0.2) is 5.84 Å². The number of nitrogens with two attached hydrogens (primary N) is 1. The minimum Gasteiger partial charge on any atom is -0.313 e. The highest BCUT2D eigenvalue weighted by Crippen LogP contribution is 2.35. The molecule has 0 spiro atoms. The van der Waals surface area contributed by atoms with E-state index in [2.05, 4.69) is 10.7 Å². The van der Waals surface area contributed by atoms with Gasteiger partial charge in [-0.05, 0) is 17.7 Å². The first kappa shape index (κ1) is 15.9. The molecule has 1 aromatic heterocycles. The molecule has 2 aromatic carbocycles. The van der Waals surface area contributed by atoms with Gasteiger partial charge in [0, 0.05) is 16.5 Å². The summed E-state index contributed by atoms with van der Waals surface area (Å²) < 4.78 is 0. The fraction of sp³-hybridized carbons (Fsp3) is 0. The number of nitrogens with one attached hydrogen (secondary N) is 2. The summed E-state index contributed by atoms with van der Waals surface area (Å²) in [6.07, 6.45) is 0. The van der Waals surface area contributed by atoms with Gasteiger partial charge in [0.05, 0.1) is 5.56 Å². The maximum Gasteiger partial charge on any atom is 0.268 e. The molecule has 0 aliphatic heterocycles. The number of hydrogen-bond donors (Lipinski definition) is 3. The summed E-state index contributed by atoms with van der Waals surface area (Å²) in [5.41, 5.74) is 4.64. The number of thiophene rings is 1. The van der Waals surface area contributed by atoms with E-state index in [1.165, 1.54) is 11.3 Å². The zero-order chi connectivity index (χ0) is 16.9. The minimum absolute atomic E-state index is 0.275. The first-order valence-electron chi connectivity index (χ1n) is 7.25. The van der Waals surface area contributed by atoms with Crippen molar-refractivity contribution in [1.82, 2.24) is 5.43 Å². The second-order valence-corrected chi connectivity index (χ2v) is 5.89. The Kier molecular flexibility index (Phi) is 4.69. The first-order valence-corrected chi connectivity index (χ1v) is 8.13. The average Bonchev–Trinajstić information content (AvgIpc) is 3.06. The van der Waals surface area contributed by atoms with E-state index in [0.717, 1.165) is 11.1 Å². The zero-order valence-corrected chi connectivity index (χ0v) is 13.5. The Morgan fingerprint density at radius 1 is 0.875 bits per heavy atom. The van der Waals surface area contributed by atoms with E-state index >= 15 is 0 Å². The Hall–Kier alpha value is -2.96. The average molecular weight is 337 g/mol. The first-order chi connectivity index (χ1) is 11.7. The van der Waals surface area contributed by atoms with Gasteiger partial charge in [0.25, 0.3) is 11.8 Å². The molecule has 1 heterocycles. The van der Waals surface area contributed by atoms with Crippen molar-refractivity contribution in [3.05, 3.63) is 77.2 Å². The number of nitrogen functional groups attached to an aromatic ring is 1. The van der Waals surface area contributed by atoms with Gasteiger partial charge in [-0.2, -0.15) is 0 Å². The van der Waals surface area contributed by atoms with E-state index in [9.17, 15) is 9.59 Å². The molecule has 120 valence electrons. The molecule has 0 aliphatic carbocycles. The van der Waals surface area contributed by atoms with Gasteiger partial charge in [-0.1, -0.05) is 48.5 Å². The second kappa shape index (κ2) is 7.08. The summed E-state index contributed by atoms with van der Waals surface area (Å²) >= 11 is 1.29. The molecular weight excluding hydrogens is 322 g/mol. The number of carbonyl (C=O) groups is 2. The normalized spacial score (nSPS) is 10.2. The Morgan fingerprint density at radius 3 is 2.12 bits per heavy atom. The molecule has 5 nitrogen and oxygen atoms in total. The monoisotopic (exact) mass is 337 g/mol. The van der Waals surface area contributed by atoms with Crippen LogP contribution in [0.3, 0.4) is 0 Å². The minimum atomic E-state index is -0.446. The summed E-state index contributed by atoms with van der Waals surface area (Å²) in [5, 5.41) is 5.09. The van der Waals surface area contributed by atoms with Gasteiger partial charge in [0.2, 0.25) is 0 Å². The molecule has 0 fully saturated rings. The fourth-order valence-corrected chi connectivity index (χ4v) is 3.30. The van der Waals surface area contributed by atoms with Gasteiger partial charge in [-0.15, -0.1) is 11.3 Å². The van der Waals surface area contributed by atoms with E-state index in [1.54, 1.807) is 24.3 Å². The van der Waals surface area contributed by atoms with Crippen molar-refractivity contribution in [2.75, 3.05) is 5.32 Å². The predicted octanol–water partition coefficient (Wildman–Crippen LogP) is 3.27. The Bertz CT molecular complexity index is 860. The molecule has 0 unspecified atom stereocenters. The standard InChI is InChI=1S/C18H15N3O2S/c19-21-17(23)15-14(12-7-3-1-4-8-12)11-24-18(15)20-16(22)13-9-5-2-6-10-13/h1-11H,19H2,(H,20,22)(H,21,23). The number of anilines is 1. The van der Waals surface area contributed by atoms with Gasteiger partial charge in [-0.3, -0.25) is 15.0 Å². The molecule has 6 heteroatoms. The third-order valence-electron chi connectivity index (χ3n) is 3.50. The highest BCUT2D eigenvalue weighted by atomic mass is 32.1. The van der Waals surface area contributed by atoms with Crippen molar-refractivity contribution in [2.45, 2.75) is 0 Å². The lowest BCUT2D eigenvalue weighted by atomic mass is 10.0. The number of amides is 2. The van der Waals surface area contributed by atoms with Crippen LogP contribution in [0.2, 0.25) is 0 Å². The molecule has 0 aliphatic rings. The molecule has 24 heavy (non-hydrogen) atoms. The number of hydrogen-bond acceptors (Lipinski definition) is 4. The SMILES string of the molecule is NNC(=O)c1c(-c2ccccc2)csc1NC(=O)c1ccccc1. The molecule has 0 atom stereocenters. The van der Waals surface area contributed by atoms with Gasteiger partial charge in [0.1, 0.15) is 5.00 Å².